The predicted octanol–water partition coefficient (Wildman–Crippen LogP) is 5.13. The van der Waals surface area contributed by atoms with Crippen LogP contribution in [0, 0.1) is 6.92 Å². The normalized spacial score (nSPS) is 11.5. The molecule has 6 nitrogen and oxygen atoms in total. The van der Waals surface area contributed by atoms with E-state index in [4.69, 9.17) is 9.72 Å². The number of hydrogen-bond acceptors (Lipinski definition) is 3. The second-order valence-corrected chi connectivity index (χ2v) is 7.82. The average molecular weight is 465 g/mol. The molecule has 0 unspecified atom stereocenters. The summed E-state index contributed by atoms with van der Waals surface area (Å²) in [7, 11) is 1.65. The Kier molecular flexibility index (Phi) is 8.33. The van der Waals surface area contributed by atoms with E-state index in [1.807, 2.05) is 60.7 Å². The number of fused-ring (bicyclic) bond motifs is 1. The predicted molar refractivity (Wildman–Crippen MR) is 134 cm³/mol. The van der Waals surface area contributed by atoms with Gasteiger partial charge in [0.1, 0.15) is 11.6 Å². The maximum absolute atomic E-state index is 12.7. The minimum absolute atomic E-state index is 0. The van der Waals surface area contributed by atoms with Crippen LogP contribution in [0.15, 0.2) is 72.8 Å². The Bertz CT molecular complexity index is 1160. The van der Waals surface area contributed by atoms with E-state index in [-0.39, 0.29) is 24.5 Å². The first kappa shape index (κ1) is 24.1. The molecule has 0 aliphatic carbocycles. The largest absolute Gasteiger partial charge is 0.497 e. The molecule has 172 valence electrons. The third-order valence-electron chi connectivity index (χ3n) is 5.58. The second-order valence-electron chi connectivity index (χ2n) is 7.82. The van der Waals surface area contributed by atoms with E-state index in [1.165, 1.54) is 11.1 Å². The van der Waals surface area contributed by atoms with Crippen LogP contribution in [0.2, 0.25) is 0 Å². The molecule has 0 bridgehead atoms. The molecule has 4 rings (SSSR count). The van der Waals surface area contributed by atoms with Crippen molar-refractivity contribution >= 4 is 29.5 Å². The van der Waals surface area contributed by atoms with Crippen molar-refractivity contribution in [2.75, 3.05) is 13.7 Å². The summed E-state index contributed by atoms with van der Waals surface area (Å²) < 4.78 is 5.25. The average Bonchev–Trinajstić information content (AvgIpc) is 3.25. The molecule has 0 aliphatic rings. The van der Waals surface area contributed by atoms with Crippen LogP contribution in [0.3, 0.4) is 0 Å². The van der Waals surface area contributed by atoms with Gasteiger partial charge in [-0.05, 0) is 60.7 Å². The molecular formula is C26H29ClN4O2. The van der Waals surface area contributed by atoms with Crippen LogP contribution in [0.4, 0.5) is 4.79 Å². The van der Waals surface area contributed by atoms with Gasteiger partial charge in [-0.2, -0.15) is 0 Å². The lowest BCUT2D eigenvalue weighted by molar-refractivity contribution is 0.236. The maximum atomic E-state index is 12.7. The summed E-state index contributed by atoms with van der Waals surface area (Å²) in [6, 6.07) is 23.4. The number of aromatic amines is 1. The number of aromatic nitrogens is 2. The minimum Gasteiger partial charge on any atom is -0.497 e. The number of methoxy groups -OCH3 is 1. The highest BCUT2D eigenvalue weighted by Crippen LogP contribution is 2.21. The number of nitrogens with one attached hydrogen (secondary N) is 3. The number of ether oxygens (including phenoxy) is 1. The Labute approximate surface area is 200 Å². The first-order chi connectivity index (χ1) is 15.6. The van der Waals surface area contributed by atoms with Crippen molar-refractivity contribution in [3.63, 3.8) is 0 Å². The summed E-state index contributed by atoms with van der Waals surface area (Å²) in [6.45, 7) is 2.65. The number of carbonyl (C=O) groups is 1. The number of amides is 2. The Morgan fingerprint density at radius 3 is 2.48 bits per heavy atom. The lowest BCUT2D eigenvalue weighted by Gasteiger charge is -2.18. The number of hydrogen-bond donors (Lipinski definition) is 3. The highest BCUT2D eigenvalue weighted by Gasteiger charge is 2.19. The van der Waals surface area contributed by atoms with Crippen LogP contribution in [0.25, 0.3) is 11.0 Å². The van der Waals surface area contributed by atoms with Crippen LogP contribution in [0.1, 0.15) is 28.6 Å². The highest BCUT2D eigenvalue weighted by atomic mass is 35.5. The second kappa shape index (κ2) is 11.4. The lowest BCUT2D eigenvalue weighted by atomic mass is 10.1. The van der Waals surface area contributed by atoms with Crippen molar-refractivity contribution in [1.82, 2.24) is 20.6 Å². The van der Waals surface area contributed by atoms with Gasteiger partial charge in [-0.3, -0.25) is 0 Å². The molecule has 0 spiro atoms. The zero-order chi connectivity index (χ0) is 22.3. The third kappa shape index (κ3) is 6.26. The standard InChI is InChI=1S/C26H28N4O2.ClH/c1-18-7-3-4-8-20(18)15-16-27-26(31)30-24(17-19-11-13-21(32-2)14-12-19)25-28-22-9-5-6-10-23(22)29-25;/h3-14,24H,15-17H2,1-2H3,(H,28,29)(H2,27,30,31);1H/t24-;/m1./s1. The molecule has 0 saturated carbocycles. The fraction of sp³-hybridized carbons (Fsp3) is 0.231. The van der Waals surface area contributed by atoms with Crippen molar-refractivity contribution in [2.45, 2.75) is 25.8 Å². The molecule has 33 heavy (non-hydrogen) atoms. The van der Waals surface area contributed by atoms with Gasteiger partial charge in [-0.15, -0.1) is 12.4 Å². The van der Waals surface area contributed by atoms with E-state index in [0.717, 1.165) is 34.6 Å². The highest BCUT2D eigenvalue weighted by molar-refractivity contribution is 5.85. The molecule has 7 heteroatoms. The van der Waals surface area contributed by atoms with E-state index >= 15 is 0 Å². The van der Waals surface area contributed by atoms with E-state index in [9.17, 15) is 4.79 Å². The molecule has 4 aromatic rings. The molecular weight excluding hydrogens is 436 g/mol. The fourth-order valence-corrected chi connectivity index (χ4v) is 3.76. The summed E-state index contributed by atoms with van der Waals surface area (Å²) >= 11 is 0. The molecule has 3 aromatic carbocycles. The Morgan fingerprint density at radius 1 is 1.03 bits per heavy atom. The van der Waals surface area contributed by atoms with Gasteiger partial charge in [0.05, 0.1) is 24.2 Å². The Morgan fingerprint density at radius 2 is 1.76 bits per heavy atom. The quantitative estimate of drug-likeness (QED) is 0.338. The summed E-state index contributed by atoms with van der Waals surface area (Å²) in [4.78, 5) is 20.8. The van der Waals surface area contributed by atoms with Gasteiger partial charge in [-0.1, -0.05) is 48.5 Å². The SMILES string of the molecule is COc1ccc(C[C@@H](NC(=O)NCCc2ccccc2C)c2nc3ccccc3[nH]2)cc1.Cl. The third-order valence-corrected chi connectivity index (χ3v) is 5.58. The number of aryl methyl sites for hydroxylation is 1. The molecule has 0 saturated heterocycles. The van der Waals surface area contributed by atoms with Crippen molar-refractivity contribution < 1.29 is 9.53 Å². The van der Waals surface area contributed by atoms with Gasteiger partial charge in [0.15, 0.2) is 0 Å². The number of rotatable bonds is 8. The number of carbonyl (C=O) groups excluding carboxylic acids is 1. The smallest absolute Gasteiger partial charge is 0.315 e. The summed E-state index contributed by atoms with van der Waals surface area (Å²) in [5.41, 5.74) is 5.37. The summed E-state index contributed by atoms with van der Waals surface area (Å²) in [5.74, 6) is 1.53. The van der Waals surface area contributed by atoms with Gasteiger partial charge in [0.2, 0.25) is 0 Å². The molecule has 2 amide bonds. The number of benzene rings is 3. The topological polar surface area (TPSA) is 79.0 Å². The van der Waals surface area contributed by atoms with Crippen molar-refractivity contribution in [3.05, 3.63) is 95.3 Å². The Balaban J connectivity index is 0.00000306. The first-order valence-electron chi connectivity index (χ1n) is 10.8. The van der Waals surface area contributed by atoms with Gasteiger partial charge in [-0.25, -0.2) is 9.78 Å². The van der Waals surface area contributed by atoms with Gasteiger partial charge in [0.25, 0.3) is 0 Å². The Hall–Kier alpha value is -3.51. The van der Waals surface area contributed by atoms with Gasteiger partial charge in [0, 0.05) is 6.54 Å². The molecule has 0 radical (unpaired) electrons. The molecule has 1 atom stereocenters. The number of para-hydroxylation sites is 2. The summed E-state index contributed by atoms with van der Waals surface area (Å²) in [6.07, 6.45) is 1.39. The van der Waals surface area contributed by atoms with Crippen LogP contribution in [-0.4, -0.2) is 29.7 Å². The van der Waals surface area contributed by atoms with E-state index < -0.39 is 0 Å². The van der Waals surface area contributed by atoms with E-state index in [0.29, 0.717) is 13.0 Å². The van der Waals surface area contributed by atoms with Crippen molar-refractivity contribution in [1.29, 1.82) is 0 Å². The van der Waals surface area contributed by atoms with E-state index in [2.05, 4.69) is 34.7 Å². The van der Waals surface area contributed by atoms with Crippen molar-refractivity contribution in [2.24, 2.45) is 0 Å². The van der Waals surface area contributed by atoms with Crippen LogP contribution < -0.4 is 15.4 Å². The van der Waals surface area contributed by atoms with Crippen LogP contribution in [-0.2, 0) is 12.8 Å². The monoisotopic (exact) mass is 464 g/mol. The number of urea groups is 1. The van der Waals surface area contributed by atoms with Crippen molar-refractivity contribution in [3.8, 4) is 5.75 Å². The fourth-order valence-electron chi connectivity index (χ4n) is 3.76. The lowest BCUT2D eigenvalue weighted by Crippen LogP contribution is -2.40. The zero-order valence-corrected chi connectivity index (χ0v) is 19.6. The van der Waals surface area contributed by atoms with E-state index in [1.54, 1.807) is 7.11 Å². The minimum atomic E-state index is -0.297. The molecule has 0 fully saturated rings. The first-order valence-corrected chi connectivity index (χ1v) is 10.8. The molecule has 0 aliphatic heterocycles. The molecule has 1 heterocycles. The summed E-state index contributed by atoms with van der Waals surface area (Å²) in [5, 5.41) is 6.08. The number of nitrogens with zero attached hydrogens (tertiary/aromatic N) is 1. The molecule has 1 aromatic heterocycles. The van der Waals surface area contributed by atoms with Crippen LogP contribution in [0.5, 0.6) is 5.75 Å². The van der Waals surface area contributed by atoms with Gasteiger partial charge < -0.3 is 20.4 Å². The van der Waals surface area contributed by atoms with Gasteiger partial charge >= 0.3 is 6.03 Å². The number of H-pyrrole nitrogens is 1. The maximum Gasteiger partial charge on any atom is 0.315 e. The van der Waals surface area contributed by atoms with Crippen LogP contribution >= 0.6 is 12.4 Å². The number of halogens is 1. The zero-order valence-electron chi connectivity index (χ0n) is 18.8. The molecule has 3 N–H and O–H groups in total. The number of imidazole rings is 1.